The minimum absolute atomic E-state index is 0.125. The number of piperidine rings is 1. The van der Waals surface area contributed by atoms with Crippen LogP contribution in [-0.2, 0) is 14.8 Å². The smallest absolute Gasteiger partial charge is 0.241 e. The molecule has 3 rings (SSSR count). The lowest BCUT2D eigenvalue weighted by molar-refractivity contribution is -0.114. The maximum absolute atomic E-state index is 13.0. The molecule has 2 N–H and O–H groups in total. The number of nitrogens with zero attached hydrogens (tertiary/aromatic N) is 1. The molecule has 2 aromatic rings. The van der Waals surface area contributed by atoms with Gasteiger partial charge in [-0.15, -0.1) is 11.8 Å². The van der Waals surface area contributed by atoms with Crippen LogP contribution >= 0.6 is 11.8 Å². The predicted molar refractivity (Wildman–Crippen MR) is 128 cm³/mol. The van der Waals surface area contributed by atoms with Crippen molar-refractivity contribution < 1.29 is 13.2 Å². The number of hydrogen-bond donors (Lipinski definition) is 2. The monoisotopic (exact) mass is 461 g/mol. The van der Waals surface area contributed by atoms with Gasteiger partial charge in [-0.2, -0.15) is 0 Å². The highest BCUT2D eigenvalue weighted by molar-refractivity contribution is 7.98. The van der Waals surface area contributed by atoms with Crippen molar-refractivity contribution >= 4 is 39.1 Å². The van der Waals surface area contributed by atoms with Crippen molar-refractivity contribution in [3.05, 3.63) is 48.0 Å². The third kappa shape index (κ3) is 6.02. The third-order valence-corrected chi connectivity index (χ3v) is 8.00. The molecule has 0 aromatic heterocycles. The summed E-state index contributed by atoms with van der Waals surface area (Å²) in [5.74, 6) is 0.538. The van der Waals surface area contributed by atoms with Gasteiger partial charge < -0.3 is 10.2 Å². The van der Waals surface area contributed by atoms with E-state index < -0.39 is 10.0 Å². The molecule has 1 fully saturated rings. The first-order chi connectivity index (χ1) is 14.7. The average molecular weight is 462 g/mol. The Labute approximate surface area is 189 Å². The molecule has 1 atom stereocenters. The van der Waals surface area contributed by atoms with E-state index in [9.17, 15) is 13.2 Å². The largest absolute Gasteiger partial charge is 0.372 e. The van der Waals surface area contributed by atoms with Crippen molar-refractivity contribution in [3.63, 3.8) is 0 Å². The molecule has 31 heavy (non-hydrogen) atoms. The molecule has 1 unspecified atom stereocenters. The van der Waals surface area contributed by atoms with Crippen LogP contribution < -0.4 is 14.9 Å². The SMILES string of the molecule is CSc1ccc(S(=O)(=O)NC(C)c2ccc(N3CCC(C)CC3)cc2)cc1NC(C)=O. The van der Waals surface area contributed by atoms with E-state index in [0.29, 0.717) is 5.69 Å². The normalized spacial score (nSPS) is 16.2. The summed E-state index contributed by atoms with van der Waals surface area (Å²) in [6.07, 6.45) is 4.28. The highest BCUT2D eigenvalue weighted by atomic mass is 32.2. The summed E-state index contributed by atoms with van der Waals surface area (Å²) in [5.41, 5.74) is 2.58. The van der Waals surface area contributed by atoms with Crippen LogP contribution in [0.25, 0.3) is 0 Å². The first-order valence-electron chi connectivity index (χ1n) is 10.5. The maximum atomic E-state index is 13.0. The number of sulfonamides is 1. The van der Waals surface area contributed by atoms with Gasteiger partial charge >= 0.3 is 0 Å². The van der Waals surface area contributed by atoms with Gasteiger partial charge in [0.1, 0.15) is 0 Å². The fourth-order valence-corrected chi connectivity index (χ4v) is 5.54. The molecule has 1 saturated heterocycles. The Morgan fingerprint density at radius 1 is 1.13 bits per heavy atom. The third-order valence-electron chi connectivity index (χ3n) is 5.67. The van der Waals surface area contributed by atoms with Crippen LogP contribution in [0.2, 0.25) is 0 Å². The number of carbonyl (C=O) groups is 1. The zero-order chi connectivity index (χ0) is 22.6. The van der Waals surface area contributed by atoms with E-state index in [1.165, 1.54) is 43.3 Å². The highest BCUT2D eigenvalue weighted by Gasteiger charge is 2.21. The van der Waals surface area contributed by atoms with Crippen molar-refractivity contribution in [1.82, 2.24) is 4.72 Å². The standard InChI is InChI=1S/C23H31N3O3S2/c1-16-11-13-26(14-12-16)20-7-5-19(6-8-20)17(2)25-31(28,29)21-9-10-23(30-4)22(15-21)24-18(3)27/h5-10,15-17,25H,11-14H2,1-4H3,(H,24,27). The van der Waals surface area contributed by atoms with E-state index in [-0.39, 0.29) is 16.8 Å². The molecule has 2 aromatic carbocycles. The van der Waals surface area contributed by atoms with Crippen LogP contribution in [0.15, 0.2) is 52.3 Å². The Morgan fingerprint density at radius 3 is 2.35 bits per heavy atom. The Bertz CT molecular complexity index is 1010. The van der Waals surface area contributed by atoms with E-state index in [1.807, 2.05) is 25.3 Å². The molecule has 8 heteroatoms. The number of rotatable bonds is 7. The molecule has 0 radical (unpaired) electrons. The number of amides is 1. The van der Waals surface area contributed by atoms with Gasteiger partial charge in [-0.3, -0.25) is 4.79 Å². The van der Waals surface area contributed by atoms with E-state index in [4.69, 9.17) is 0 Å². The lowest BCUT2D eigenvalue weighted by Gasteiger charge is -2.32. The van der Waals surface area contributed by atoms with Crippen LogP contribution in [0, 0.1) is 5.92 Å². The zero-order valence-electron chi connectivity index (χ0n) is 18.5. The van der Waals surface area contributed by atoms with Gasteiger partial charge in [0.2, 0.25) is 15.9 Å². The summed E-state index contributed by atoms with van der Waals surface area (Å²) in [6, 6.07) is 12.5. The topological polar surface area (TPSA) is 78.5 Å². The minimum Gasteiger partial charge on any atom is -0.372 e. The van der Waals surface area contributed by atoms with Crippen LogP contribution in [0.1, 0.15) is 45.2 Å². The fraction of sp³-hybridized carbons (Fsp3) is 0.435. The van der Waals surface area contributed by atoms with Crippen molar-refractivity contribution in [1.29, 1.82) is 0 Å². The summed E-state index contributed by atoms with van der Waals surface area (Å²) in [7, 11) is -3.75. The van der Waals surface area contributed by atoms with Gasteiger partial charge in [0.05, 0.1) is 10.6 Å². The molecule has 1 amide bonds. The summed E-state index contributed by atoms with van der Waals surface area (Å²) in [4.78, 5) is 14.8. The van der Waals surface area contributed by atoms with Gasteiger partial charge in [-0.05, 0) is 67.8 Å². The van der Waals surface area contributed by atoms with E-state index in [1.54, 1.807) is 12.1 Å². The molecule has 0 spiro atoms. The molecular formula is C23H31N3O3S2. The predicted octanol–water partition coefficient (Wildman–Crippen LogP) is 4.64. The molecule has 168 valence electrons. The van der Waals surface area contributed by atoms with Gasteiger partial charge in [0.15, 0.2) is 0 Å². The molecule has 0 saturated carbocycles. The lowest BCUT2D eigenvalue weighted by Crippen LogP contribution is -2.32. The van der Waals surface area contributed by atoms with Crippen molar-refractivity contribution in [3.8, 4) is 0 Å². The van der Waals surface area contributed by atoms with Crippen LogP contribution in [-0.4, -0.2) is 33.7 Å². The summed E-state index contributed by atoms with van der Waals surface area (Å²) >= 11 is 1.45. The van der Waals surface area contributed by atoms with Crippen LogP contribution in [0.4, 0.5) is 11.4 Å². The number of benzene rings is 2. The second kappa shape index (κ2) is 10.1. The van der Waals surface area contributed by atoms with E-state index in [0.717, 1.165) is 29.5 Å². The highest BCUT2D eigenvalue weighted by Crippen LogP contribution is 2.29. The molecule has 6 nitrogen and oxygen atoms in total. The number of anilines is 2. The first-order valence-corrected chi connectivity index (χ1v) is 13.2. The molecule has 1 heterocycles. The molecular weight excluding hydrogens is 430 g/mol. The Kier molecular flexibility index (Phi) is 7.67. The second-order valence-corrected chi connectivity index (χ2v) is 10.7. The summed E-state index contributed by atoms with van der Waals surface area (Å²) in [5, 5.41) is 2.71. The van der Waals surface area contributed by atoms with Crippen LogP contribution in [0.5, 0.6) is 0 Å². The van der Waals surface area contributed by atoms with Gasteiger partial charge in [0, 0.05) is 36.6 Å². The van der Waals surface area contributed by atoms with Gasteiger partial charge in [-0.1, -0.05) is 19.1 Å². The molecule has 1 aliphatic rings. The quantitative estimate of drug-likeness (QED) is 0.587. The Balaban J connectivity index is 1.73. The molecule has 1 aliphatic heterocycles. The molecule has 0 aliphatic carbocycles. The number of carbonyl (C=O) groups excluding carboxylic acids is 1. The van der Waals surface area contributed by atoms with Gasteiger partial charge in [0.25, 0.3) is 0 Å². The van der Waals surface area contributed by atoms with Crippen molar-refractivity contribution in [2.75, 3.05) is 29.6 Å². The zero-order valence-corrected chi connectivity index (χ0v) is 20.1. The maximum Gasteiger partial charge on any atom is 0.241 e. The number of thioether (sulfide) groups is 1. The summed E-state index contributed by atoms with van der Waals surface area (Å²) in [6.45, 7) is 7.65. The minimum atomic E-state index is -3.75. The average Bonchev–Trinajstić information content (AvgIpc) is 2.73. The second-order valence-electron chi connectivity index (χ2n) is 8.15. The van der Waals surface area contributed by atoms with E-state index >= 15 is 0 Å². The molecule has 0 bridgehead atoms. The number of nitrogens with one attached hydrogen (secondary N) is 2. The van der Waals surface area contributed by atoms with Gasteiger partial charge in [-0.25, -0.2) is 13.1 Å². The Morgan fingerprint density at radius 2 is 1.77 bits per heavy atom. The van der Waals surface area contributed by atoms with Crippen molar-refractivity contribution in [2.45, 2.75) is 49.4 Å². The Hall–Kier alpha value is -2.03. The van der Waals surface area contributed by atoms with E-state index in [2.05, 4.69) is 34.0 Å². The summed E-state index contributed by atoms with van der Waals surface area (Å²) < 4.78 is 28.7. The van der Waals surface area contributed by atoms with Crippen LogP contribution in [0.3, 0.4) is 0 Å². The fourth-order valence-electron chi connectivity index (χ4n) is 3.75. The number of hydrogen-bond acceptors (Lipinski definition) is 5. The van der Waals surface area contributed by atoms with Crippen molar-refractivity contribution in [2.24, 2.45) is 5.92 Å². The lowest BCUT2D eigenvalue weighted by atomic mass is 9.98. The first kappa shape index (κ1) is 23.6.